The second-order valence-electron chi connectivity index (χ2n) is 7.94. The van der Waals surface area contributed by atoms with Crippen LogP contribution in [0.4, 0.5) is 5.69 Å². The summed E-state index contributed by atoms with van der Waals surface area (Å²) in [7, 11) is 6.26. The quantitative estimate of drug-likeness (QED) is 0.498. The second kappa shape index (κ2) is 9.56. The average Bonchev–Trinajstić information content (AvgIpc) is 3.36. The number of hydrogen-bond donors (Lipinski definition) is 1. The molecule has 2 amide bonds. The molecule has 7 nitrogen and oxygen atoms in total. The Bertz CT molecular complexity index is 1240. The minimum atomic E-state index is -0.711. The molecule has 0 fully saturated rings. The van der Waals surface area contributed by atoms with Crippen molar-refractivity contribution in [3.63, 3.8) is 0 Å². The van der Waals surface area contributed by atoms with Crippen LogP contribution >= 0.6 is 22.9 Å². The molecule has 0 saturated carbocycles. The summed E-state index contributed by atoms with van der Waals surface area (Å²) in [6.07, 6.45) is 0. The van der Waals surface area contributed by atoms with Gasteiger partial charge in [-0.05, 0) is 47.7 Å². The van der Waals surface area contributed by atoms with Gasteiger partial charge in [-0.25, -0.2) is 0 Å². The first-order valence-corrected chi connectivity index (χ1v) is 11.8. The number of carbonyl (C=O) groups excluding carboxylic acids is 2. The number of anilines is 1. The zero-order valence-corrected chi connectivity index (χ0v) is 21.0. The van der Waals surface area contributed by atoms with E-state index < -0.39 is 12.0 Å². The number of carbonyl (C=O) groups is 2. The number of methoxy groups -OCH3 is 3. The van der Waals surface area contributed by atoms with Crippen LogP contribution in [0.3, 0.4) is 0 Å². The molecule has 0 radical (unpaired) electrons. The number of thiophene rings is 1. The molecule has 34 heavy (non-hydrogen) atoms. The van der Waals surface area contributed by atoms with Gasteiger partial charge in [0.15, 0.2) is 11.5 Å². The van der Waals surface area contributed by atoms with Crippen LogP contribution in [0.15, 0.2) is 41.8 Å². The Morgan fingerprint density at radius 1 is 1.06 bits per heavy atom. The highest BCUT2D eigenvalue weighted by Crippen LogP contribution is 2.47. The first-order valence-electron chi connectivity index (χ1n) is 10.5. The van der Waals surface area contributed by atoms with E-state index in [1.165, 1.54) is 32.7 Å². The van der Waals surface area contributed by atoms with Crippen molar-refractivity contribution in [1.82, 2.24) is 4.90 Å². The average molecular weight is 501 g/mol. The Morgan fingerprint density at radius 2 is 1.74 bits per heavy atom. The van der Waals surface area contributed by atoms with Crippen molar-refractivity contribution in [3.8, 4) is 17.2 Å². The molecule has 1 aliphatic rings. The van der Waals surface area contributed by atoms with Gasteiger partial charge in [0, 0.05) is 28.6 Å². The number of nitrogens with zero attached hydrogens (tertiary/aromatic N) is 1. The first kappa shape index (κ1) is 23.9. The van der Waals surface area contributed by atoms with Crippen LogP contribution in [0.5, 0.6) is 17.2 Å². The van der Waals surface area contributed by atoms with Crippen molar-refractivity contribution in [3.05, 3.63) is 68.4 Å². The summed E-state index contributed by atoms with van der Waals surface area (Å²) in [6.45, 7) is 1.85. The van der Waals surface area contributed by atoms with E-state index in [9.17, 15) is 9.59 Å². The van der Waals surface area contributed by atoms with Gasteiger partial charge < -0.3 is 24.4 Å². The summed E-state index contributed by atoms with van der Waals surface area (Å²) in [4.78, 5) is 29.8. The normalized spacial score (nSPS) is 17.2. The molecule has 4 rings (SSSR count). The molecule has 0 spiro atoms. The van der Waals surface area contributed by atoms with Gasteiger partial charge in [-0.3, -0.25) is 9.59 Å². The standard InChI is InChI=1S/C25H25ClN2O5S/c1-13-9-17(18(31-3)12-16(13)26)27-24(29)22-14-10-19(32-4)20(33-5)11-15(14)25(30)28(2)23(22)21-7-6-8-34-21/h6-12,22-23H,1-5H3,(H,27,29)/t22-,23-/m1/s1. The van der Waals surface area contributed by atoms with Crippen LogP contribution in [-0.4, -0.2) is 45.1 Å². The molecule has 1 aliphatic heterocycles. The fourth-order valence-electron chi connectivity index (χ4n) is 4.29. The highest BCUT2D eigenvalue weighted by atomic mass is 35.5. The number of halogens is 1. The summed E-state index contributed by atoms with van der Waals surface area (Å²) in [5, 5.41) is 5.47. The summed E-state index contributed by atoms with van der Waals surface area (Å²) in [5.74, 6) is 0.124. The van der Waals surface area contributed by atoms with Gasteiger partial charge in [-0.2, -0.15) is 0 Å². The zero-order valence-electron chi connectivity index (χ0n) is 19.5. The van der Waals surface area contributed by atoms with Gasteiger partial charge in [0.05, 0.1) is 39.0 Å². The fraction of sp³-hybridized carbons (Fsp3) is 0.280. The minimum absolute atomic E-state index is 0.196. The van der Waals surface area contributed by atoms with E-state index in [-0.39, 0.29) is 11.8 Å². The third-order valence-corrected chi connectivity index (χ3v) is 7.38. The zero-order chi connectivity index (χ0) is 24.6. The number of rotatable bonds is 6. The SMILES string of the molecule is COc1cc(Cl)c(C)cc1NC(=O)[C@@H]1c2cc(OC)c(OC)cc2C(=O)N(C)[C@@H]1c1cccs1. The number of hydrogen-bond acceptors (Lipinski definition) is 6. The van der Waals surface area contributed by atoms with Crippen molar-refractivity contribution >= 4 is 40.4 Å². The van der Waals surface area contributed by atoms with Crippen molar-refractivity contribution < 1.29 is 23.8 Å². The van der Waals surface area contributed by atoms with Crippen LogP contribution in [0.1, 0.15) is 38.3 Å². The summed E-state index contributed by atoms with van der Waals surface area (Å²) >= 11 is 7.74. The molecule has 0 bridgehead atoms. The largest absolute Gasteiger partial charge is 0.495 e. The fourth-order valence-corrected chi connectivity index (χ4v) is 5.35. The highest BCUT2D eigenvalue weighted by Gasteiger charge is 2.44. The van der Waals surface area contributed by atoms with E-state index in [1.54, 1.807) is 36.2 Å². The van der Waals surface area contributed by atoms with E-state index in [4.69, 9.17) is 25.8 Å². The lowest BCUT2D eigenvalue weighted by molar-refractivity contribution is -0.119. The van der Waals surface area contributed by atoms with Crippen LogP contribution < -0.4 is 19.5 Å². The van der Waals surface area contributed by atoms with Crippen LogP contribution in [0.2, 0.25) is 5.02 Å². The van der Waals surface area contributed by atoms with Crippen molar-refractivity contribution in [2.45, 2.75) is 18.9 Å². The molecule has 0 unspecified atom stereocenters. The van der Waals surface area contributed by atoms with Crippen molar-refractivity contribution in [2.75, 3.05) is 33.7 Å². The molecular formula is C25H25ClN2O5S. The van der Waals surface area contributed by atoms with Gasteiger partial charge >= 0.3 is 0 Å². The second-order valence-corrected chi connectivity index (χ2v) is 9.33. The Balaban J connectivity index is 1.87. The number of fused-ring (bicyclic) bond motifs is 1. The van der Waals surface area contributed by atoms with Gasteiger partial charge in [0.2, 0.25) is 5.91 Å². The molecule has 2 heterocycles. The van der Waals surface area contributed by atoms with Crippen LogP contribution in [0, 0.1) is 6.92 Å². The lowest BCUT2D eigenvalue weighted by atomic mass is 9.81. The molecule has 2 aromatic carbocycles. The number of likely N-dealkylation sites (N-methyl/N-ethyl adjacent to an activating group) is 1. The molecule has 1 aromatic heterocycles. The molecule has 0 aliphatic carbocycles. The number of nitrogens with one attached hydrogen (secondary N) is 1. The minimum Gasteiger partial charge on any atom is -0.495 e. The molecule has 1 N–H and O–H groups in total. The lowest BCUT2D eigenvalue weighted by Crippen LogP contribution is -2.43. The molecular weight excluding hydrogens is 476 g/mol. The van der Waals surface area contributed by atoms with Crippen molar-refractivity contribution in [2.24, 2.45) is 0 Å². The maximum absolute atomic E-state index is 13.9. The number of benzene rings is 2. The smallest absolute Gasteiger partial charge is 0.254 e. The molecule has 2 atom stereocenters. The lowest BCUT2D eigenvalue weighted by Gasteiger charge is -2.39. The molecule has 178 valence electrons. The highest BCUT2D eigenvalue weighted by molar-refractivity contribution is 7.10. The third-order valence-electron chi connectivity index (χ3n) is 6.03. The third kappa shape index (κ3) is 4.08. The molecule has 9 heteroatoms. The maximum atomic E-state index is 13.9. The Labute approximate surface area is 207 Å². The van der Waals surface area contributed by atoms with E-state index in [2.05, 4.69) is 5.32 Å². The van der Waals surface area contributed by atoms with Crippen molar-refractivity contribution in [1.29, 1.82) is 0 Å². The predicted octanol–water partition coefficient (Wildman–Crippen LogP) is 5.28. The predicted molar refractivity (Wildman–Crippen MR) is 133 cm³/mol. The number of aryl methyl sites for hydroxylation is 1. The van der Waals surface area contributed by atoms with Gasteiger partial charge in [-0.15, -0.1) is 11.3 Å². The Hall–Kier alpha value is -3.23. The van der Waals surface area contributed by atoms with Gasteiger partial charge in [0.1, 0.15) is 5.75 Å². The van der Waals surface area contributed by atoms with E-state index in [1.807, 2.05) is 24.4 Å². The van der Waals surface area contributed by atoms with Crippen LogP contribution in [-0.2, 0) is 4.79 Å². The van der Waals surface area contributed by atoms with Crippen LogP contribution in [0.25, 0.3) is 0 Å². The molecule has 3 aromatic rings. The van der Waals surface area contributed by atoms with E-state index in [0.29, 0.717) is 39.1 Å². The Morgan fingerprint density at radius 3 is 2.35 bits per heavy atom. The topological polar surface area (TPSA) is 77.1 Å². The number of amides is 2. The Kier molecular flexibility index (Phi) is 6.72. The van der Waals surface area contributed by atoms with E-state index >= 15 is 0 Å². The van der Waals surface area contributed by atoms with Gasteiger partial charge in [0.25, 0.3) is 5.91 Å². The number of ether oxygens (including phenoxy) is 3. The first-order chi connectivity index (χ1) is 16.3. The summed E-state index contributed by atoms with van der Waals surface area (Å²) < 4.78 is 16.3. The van der Waals surface area contributed by atoms with Gasteiger partial charge in [-0.1, -0.05) is 17.7 Å². The summed E-state index contributed by atoms with van der Waals surface area (Å²) in [6, 6.07) is 10.1. The summed E-state index contributed by atoms with van der Waals surface area (Å²) in [5.41, 5.74) is 2.27. The molecule has 0 saturated heterocycles. The maximum Gasteiger partial charge on any atom is 0.254 e. The monoisotopic (exact) mass is 500 g/mol. The van der Waals surface area contributed by atoms with E-state index in [0.717, 1.165) is 10.4 Å².